The summed E-state index contributed by atoms with van der Waals surface area (Å²) in [6.45, 7) is 0. The van der Waals surface area contributed by atoms with Gasteiger partial charge in [-0.05, 0) is 49.2 Å². The minimum absolute atomic E-state index is 0.0117. The Labute approximate surface area is 202 Å². The van der Waals surface area contributed by atoms with Crippen molar-refractivity contribution in [1.82, 2.24) is 0 Å². The monoisotopic (exact) mass is 470 g/mol. The number of carbonyl (C=O) groups excluding carboxylic acids is 2. The molecule has 0 atom stereocenters. The summed E-state index contributed by atoms with van der Waals surface area (Å²) in [5, 5.41) is 38.4. The molecular weight excluding hydrogens is 432 g/mol. The van der Waals surface area contributed by atoms with Crippen LogP contribution >= 0.6 is 0 Å². The van der Waals surface area contributed by atoms with Crippen molar-refractivity contribution in [1.29, 1.82) is 0 Å². The summed E-state index contributed by atoms with van der Waals surface area (Å²) in [5.41, 5.74) is 0.393. The van der Waals surface area contributed by atoms with Crippen LogP contribution in [0.2, 0.25) is 0 Å². The molecular formula is C28H38O6. The van der Waals surface area contributed by atoms with E-state index in [1.165, 1.54) is 62.1 Å². The molecule has 0 radical (unpaired) electrons. The fourth-order valence-corrected chi connectivity index (χ4v) is 4.10. The smallest absolute Gasteiger partial charge is 0.166 e. The van der Waals surface area contributed by atoms with Gasteiger partial charge in [-0.3, -0.25) is 9.59 Å². The zero-order valence-corrected chi connectivity index (χ0v) is 20.0. The normalized spacial score (nSPS) is 10.9. The number of phenolic OH excluding ortho intramolecular Hbond substituents is 4. The van der Waals surface area contributed by atoms with Gasteiger partial charge in [0.05, 0.1) is 11.1 Å². The molecule has 0 heterocycles. The molecule has 0 aliphatic rings. The van der Waals surface area contributed by atoms with Crippen molar-refractivity contribution in [3.8, 4) is 23.0 Å². The number of hydrogen-bond donors (Lipinski definition) is 4. The average molecular weight is 471 g/mol. The Bertz CT molecular complexity index is 846. The number of phenols is 4. The van der Waals surface area contributed by atoms with Gasteiger partial charge in [-0.1, -0.05) is 64.2 Å². The van der Waals surface area contributed by atoms with Crippen molar-refractivity contribution in [3.63, 3.8) is 0 Å². The van der Waals surface area contributed by atoms with Crippen molar-refractivity contribution in [2.45, 2.75) is 89.9 Å². The number of ketones is 2. The lowest BCUT2D eigenvalue weighted by molar-refractivity contribution is 0.0967. The lowest BCUT2D eigenvalue weighted by Crippen LogP contribution is -1.99. The van der Waals surface area contributed by atoms with Crippen LogP contribution in [-0.4, -0.2) is 32.0 Å². The minimum Gasteiger partial charge on any atom is -0.508 e. The molecule has 0 saturated carbocycles. The maximum absolute atomic E-state index is 12.1. The number of Topliss-reactive ketones (excluding diaryl/α,β-unsaturated/α-hetero) is 2. The molecule has 0 bridgehead atoms. The number of hydrogen-bond acceptors (Lipinski definition) is 6. The van der Waals surface area contributed by atoms with Crippen LogP contribution in [0.3, 0.4) is 0 Å². The van der Waals surface area contributed by atoms with Crippen LogP contribution in [0, 0.1) is 0 Å². The van der Waals surface area contributed by atoms with Gasteiger partial charge in [0.2, 0.25) is 0 Å². The third kappa shape index (κ3) is 9.86. The van der Waals surface area contributed by atoms with E-state index in [9.17, 15) is 30.0 Å². The van der Waals surface area contributed by atoms with E-state index in [-0.39, 0.29) is 45.7 Å². The molecule has 0 amide bonds. The highest BCUT2D eigenvalue weighted by molar-refractivity contribution is 5.99. The van der Waals surface area contributed by atoms with E-state index >= 15 is 0 Å². The number of rotatable bonds is 17. The molecule has 2 aromatic carbocycles. The van der Waals surface area contributed by atoms with E-state index < -0.39 is 0 Å². The van der Waals surface area contributed by atoms with Crippen LogP contribution in [-0.2, 0) is 0 Å². The third-order valence-corrected chi connectivity index (χ3v) is 6.12. The maximum Gasteiger partial charge on any atom is 0.166 e. The fraction of sp³-hybridized carbons (Fsp3) is 0.500. The van der Waals surface area contributed by atoms with Crippen molar-refractivity contribution >= 4 is 11.6 Å². The van der Waals surface area contributed by atoms with Crippen LogP contribution in [0.4, 0.5) is 0 Å². The fourth-order valence-electron chi connectivity index (χ4n) is 4.10. The lowest BCUT2D eigenvalue weighted by atomic mass is 10.0. The number of aromatic hydroxyl groups is 4. The number of benzene rings is 2. The molecule has 0 spiro atoms. The minimum atomic E-state index is -0.129. The van der Waals surface area contributed by atoms with Gasteiger partial charge in [0.15, 0.2) is 11.6 Å². The summed E-state index contributed by atoms with van der Waals surface area (Å²) < 4.78 is 0. The van der Waals surface area contributed by atoms with Gasteiger partial charge >= 0.3 is 0 Å². The number of carbonyl (C=O) groups is 2. The second-order valence-corrected chi connectivity index (χ2v) is 8.99. The highest BCUT2D eigenvalue weighted by atomic mass is 16.3. The van der Waals surface area contributed by atoms with Gasteiger partial charge in [-0.15, -0.1) is 0 Å². The Balaban J connectivity index is 1.40. The molecule has 0 aromatic heterocycles. The van der Waals surface area contributed by atoms with Gasteiger partial charge in [0.1, 0.15) is 23.0 Å². The van der Waals surface area contributed by atoms with Crippen LogP contribution in [0.1, 0.15) is 111 Å². The van der Waals surface area contributed by atoms with Gasteiger partial charge < -0.3 is 20.4 Å². The molecule has 0 saturated heterocycles. The van der Waals surface area contributed by atoms with Crippen molar-refractivity contribution < 1.29 is 30.0 Å². The summed E-state index contributed by atoms with van der Waals surface area (Å²) in [5.74, 6) is -0.440. The zero-order chi connectivity index (χ0) is 24.8. The van der Waals surface area contributed by atoms with Gasteiger partial charge in [-0.25, -0.2) is 0 Å². The molecule has 6 nitrogen and oxygen atoms in total. The molecule has 2 rings (SSSR count). The van der Waals surface area contributed by atoms with Gasteiger partial charge in [-0.2, -0.15) is 0 Å². The van der Waals surface area contributed by atoms with Gasteiger partial charge in [0, 0.05) is 12.8 Å². The molecule has 186 valence electrons. The first-order valence-corrected chi connectivity index (χ1v) is 12.5. The average Bonchev–Trinajstić information content (AvgIpc) is 2.82. The van der Waals surface area contributed by atoms with Crippen LogP contribution in [0.5, 0.6) is 23.0 Å². The zero-order valence-electron chi connectivity index (χ0n) is 20.0. The predicted octanol–water partition coefficient (Wildman–Crippen LogP) is 7.04. The lowest BCUT2D eigenvalue weighted by Gasteiger charge is -2.06. The largest absolute Gasteiger partial charge is 0.508 e. The Morgan fingerprint density at radius 2 is 0.765 bits per heavy atom. The van der Waals surface area contributed by atoms with Crippen molar-refractivity contribution in [3.05, 3.63) is 47.5 Å². The molecule has 6 heteroatoms. The summed E-state index contributed by atoms with van der Waals surface area (Å²) in [4.78, 5) is 24.3. The highest BCUT2D eigenvalue weighted by Crippen LogP contribution is 2.25. The van der Waals surface area contributed by atoms with E-state index in [1.807, 2.05) is 0 Å². The quantitative estimate of drug-likeness (QED) is 0.112. The highest BCUT2D eigenvalue weighted by Gasteiger charge is 2.12. The predicted molar refractivity (Wildman–Crippen MR) is 133 cm³/mol. The summed E-state index contributed by atoms with van der Waals surface area (Å²) >= 11 is 0. The molecule has 34 heavy (non-hydrogen) atoms. The molecule has 0 unspecified atom stereocenters. The molecule has 4 N–H and O–H groups in total. The molecule has 2 aromatic rings. The van der Waals surface area contributed by atoms with E-state index in [1.54, 1.807) is 0 Å². The SMILES string of the molecule is O=C(CCCCCCCCCCCCCCC(=O)c1cc(O)ccc1O)c1cc(O)ccc1O. The first-order chi connectivity index (χ1) is 16.4. The van der Waals surface area contributed by atoms with E-state index in [0.717, 1.165) is 51.4 Å². The van der Waals surface area contributed by atoms with Crippen molar-refractivity contribution in [2.24, 2.45) is 0 Å². The first kappa shape index (κ1) is 27.2. The van der Waals surface area contributed by atoms with Crippen LogP contribution in [0.25, 0.3) is 0 Å². The third-order valence-electron chi connectivity index (χ3n) is 6.12. The number of unbranched alkanes of at least 4 members (excludes halogenated alkanes) is 11. The van der Waals surface area contributed by atoms with E-state index in [4.69, 9.17) is 0 Å². The van der Waals surface area contributed by atoms with Crippen molar-refractivity contribution in [2.75, 3.05) is 0 Å². The Kier molecular flexibility index (Phi) is 12.0. The van der Waals surface area contributed by atoms with Gasteiger partial charge in [0.25, 0.3) is 0 Å². The Morgan fingerprint density at radius 1 is 0.471 bits per heavy atom. The maximum atomic E-state index is 12.1. The standard InChI is InChI=1S/C28H38O6/c29-21-15-17-27(33)23(19-21)25(31)13-11-9-7-5-3-1-2-4-6-8-10-12-14-26(32)24-20-22(30)16-18-28(24)34/h15-20,29-30,33-34H,1-14H2. The first-order valence-electron chi connectivity index (χ1n) is 12.5. The second-order valence-electron chi connectivity index (χ2n) is 8.99. The summed E-state index contributed by atoms with van der Waals surface area (Å²) in [6, 6.07) is 8.05. The molecule has 0 aliphatic carbocycles. The second kappa shape index (κ2) is 15.0. The molecule has 0 aliphatic heterocycles. The topological polar surface area (TPSA) is 115 Å². The van der Waals surface area contributed by atoms with E-state index in [2.05, 4.69) is 0 Å². The Hall–Kier alpha value is -3.02. The molecule has 0 fully saturated rings. The van der Waals surface area contributed by atoms with Crippen LogP contribution < -0.4 is 0 Å². The van der Waals surface area contributed by atoms with E-state index in [0.29, 0.717) is 12.8 Å². The Morgan fingerprint density at radius 3 is 1.09 bits per heavy atom. The van der Waals surface area contributed by atoms with Crippen LogP contribution in [0.15, 0.2) is 36.4 Å². The summed E-state index contributed by atoms with van der Waals surface area (Å²) in [6.07, 6.45) is 13.7. The summed E-state index contributed by atoms with van der Waals surface area (Å²) in [7, 11) is 0.